The fourth-order valence-electron chi connectivity index (χ4n) is 1.65. The molecule has 1 unspecified atom stereocenters. The highest BCUT2D eigenvalue weighted by Crippen LogP contribution is 2.17. The Balaban J connectivity index is 1.67. The predicted molar refractivity (Wildman–Crippen MR) is 61.7 cm³/mol. The van der Waals surface area contributed by atoms with Crippen LogP contribution >= 0.6 is 11.8 Å². The Labute approximate surface area is 89.5 Å². The molecule has 3 heteroatoms. The maximum atomic E-state index is 4.31. The third-order valence-electron chi connectivity index (χ3n) is 2.45. The normalized spacial score (nSPS) is 21.3. The third kappa shape index (κ3) is 3.00. The number of nitrogens with one attached hydrogen (secondary N) is 1. The first-order valence-electron chi connectivity index (χ1n) is 5.17. The van der Waals surface area contributed by atoms with Gasteiger partial charge in [0.2, 0.25) is 0 Å². The molecule has 0 saturated carbocycles. The van der Waals surface area contributed by atoms with E-state index in [2.05, 4.69) is 34.2 Å². The maximum Gasteiger partial charge on any atom is 0.0411 e. The second-order valence-electron chi connectivity index (χ2n) is 3.56. The SMILES string of the molecule is c1ccc(CCSC2CCNC2)nc1. The largest absolute Gasteiger partial charge is 0.316 e. The van der Waals surface area contributed by atoms with Crippen molar-refractivity contribution in [3.8, 4) is 0 Å². The summed E-state index contributed by atoms with van der Waals surface area (Å²) < 4.78 is 0. The van der Waals surface area contributed by atoms with Crippen molar-refractivity contribution in [1.82, 2.24) is 10.3 Å². The van der Waals surface area contributed by atoms with Gasteiger partial charge in [-0.15, -0.1) is 0 Å². The Morgan fingerprint density at radius 2 is 2.50 bits per heavy atom. The van der Waals surface area contributed by atoms with Crippen LogP contribution in [0.2, 0.25) is 0 Å². The van der Waals surface area contributed by atoms with Crippen molar-refractivity contribution in [2.24, 2.45) is 0 Å². The first kappa shape index (κ1) is 9.99. The lowest BCUT2D eigenvalue weighted by molar-refractivity contribution is 0.858. The molecule has 0 aromatic carbocycles. The standard InChI is InChI=1S/C11H16N2S/c1-2-6-13-10(3-1)5-8-14-11-4-7-12-9-11/h1-3,6,11-12H,4-5,7-9H2. The van der Waals surface area contributed by atoms with Crippen LogP contribution in [-0.2, 0) is 6.42 Å². The van der Waals surface area contributed by atoms with Crippen molar-refractivity contribution >= 4 is 11.8 Å². The van der Waals surface area contributed by atoms with Gasteiger partial charge in [0.05, 0.1) is 0 Å². The van der Waals surface area contributed by atoms with Crippen LogP contribution in [0.1, 0.15) is 12.1 Å². The molecule has 2 heterocycles. The van der Waals surface area contributed by atoms with Gasteiger partial charge in [-0.05, 0) is 37.3 Å². The molecule has 1 aromatic heterocycles. The van der Waals surface area contributed by atoms with Crippen LogP contribution in [0.5, 0.6) is 0 Å². The molecule has 0 bridgehead atoms. The Kier molecular flexibility index (Phi) is 3.83. The highest BCUT2D eigenvalue weighted by Gasteiger charge is 2.13. The fourth-order valence-corrected chi connectivity index (χ4v) is 2.83. The second kappa shape index (κ2) is 5.37. The first-order valence-corrected chi connectivity index (χ1v) is 6.22. The topological polar surface area (TPSA) is 24.9 Å². The Morgan fingerprint density at radius 3 is 3.21 bits per heavy atom. The molecule has 0 aliphatic carbocycles. The van der Waals surface area contributed by atoms with Gasteiger partial charge in [0.25, 0.3) is 0 Å². The zero-order valence-corrected chi connectivity index (χ0v) is 9.09. The number of nitrogens with zero attached hydrogens (tertiary/aromatic N) is 1. The van der Waals surface area contributed by atoms with Crippen molar-refractivity contribution < 1.29 is 0 Å². The minimum atomic E-state index is 0.832. The van der Waals surface area contributed by atoms with Crippen molar-refractivity contribution in [2.75, 3.05) is 18.8 Å². The fraction of sp³-hybridized carbons (Fsp3) is 0.545. The van der Waals surface area contributed by atoms with Crippen molar-refractivity contribution in [3.05, 3.63) is 30.1 Å². The lowest BCUT2D eigenvalue weighted by atomic mass is 10.3. The van der Waals surface area contributed by atoms with Crippen LogP contribution in [-0.4, -0.2) is 29.1 Å². The molecule has 2 nitrogen and oxygen atoms in total. The lowest BCUT2D eigenvalue weighted by Crippen LogP contribution is -2.10. The molecule has 0 amide bonds. The van der Waals surface area contributed by atoms with Gasteiger partial charge in [0.15, 0.2) is 0 Å². The van der Waals surface area contributed by atoms with Gasteiger partial charge in [0, 0.05) is 23.7 Å². The molecule has 2 rings (SSSR count). The highest BCUT2D eigenvalue weighted by atomic mass is 32.2. The van der Waals surface area contributed by atoms with Crippen LogP contribution in [0.3, 0.4) is 0 Å². The van der Waals surface area contributed by atoms with E-state index in [-0.39, 0.29) is 0 Å². The van der Waals surface area contributed by atoms with Gasteiger partial charge in [-0.1, -0.05) is 6.07 Å². The number of hydrogen-bond acceptors (Lipinski definition) is 3. The maximum absolute atomic E-state index is 4.31. The van der Waals surface area contributed by atoms with Crippen LogP contribution in [0, 0.1) is 0 Å². The van der Waals surface area contributed by atoms with E-state index in [1.54, 1.807) is 0 Å². The quantitative estimate of drug-likeness (QED) is 0.815. The van der Waals surface area contributed by atoms with Gasteiger partial charge in [-0.25, -0.2) is 0 Å². The molecule has 1 fully saturated rings. The summed E-state index contributed by atoms with van der Waals surface area (Å²) in [6.07, 6.45) is 4.30. The Morgan fingerprint density at radius 1 is 1.50 bits per heavy atom. The van der Waals surface area contributed by atoms with Gasteiger partial charge in [-0.3, -0.25) is 4.98 Å². The van der Waals surface area contributed by atoms with Gasteiger partial charge < -0.3 is 5.32 Å². The average Bonchev–Trinajstić information content (AvgIpc) is 2.72. The van der Waals surface area contributed by atoms with E-state index >= 15 is 0 Å². The second-order valence-corrected chi connectivity index (χ2v) is 4.96. The number of hydrogen-bond donors (Lipinski definition) is 1. The summed E-state index contributed by atoms with van der Waals surface area (Å²) in [4.78, 5) is 4.31. The number of rotatable bonds is 4. The summed E-state index contributed by atoms with van der Waals surface area (Å²) in [5.41, 5.74) is 1.21. The van der Waals surface area contributed by atoms with E-state index in [0.717, 1.165) is 11.7 Å². The zero-order chi connectivity index (χ0) is 9.64. The summed E-state index contributed by atoms with van der Waals surface area (Å²) in [6, 6.07) is 6.13. The molecule has 76 valence electrons. The van der Waals surface area contributed by atoms with Crippen LogP contribution < -0.4 is 5.32 Å². The molecule has 1 aromatic rings. The van der Waals surface area contributed by atoms with E-state index in [0.29, 0.717) is 0 Å². The minimum absolute atomic E-state index is 0.832. The number of thioether (sulfide) groups is 1. The molecule has 1 N–H and O–H groups in total. The van der Waals surface area contributed by atoms with Crippen molar-refractivity contribution in [1.29, 1.82) is 0 Å². The van der Waals surface area contributed by atoms with Gasteiger partial charge in [-0.2, -0.15) is 11.8 Å². The molecule has 0 radical (unpaired) electrons. The molecule has 0 spiro atoms. The van der Waals surface area contributed by atoms with Gasteiger partial charge >= 0.3 is 0 Å². The Hall–Kier alpha value is -0.540. The summed E-state index contributed by atoms with van der Waals surface area (Å²) in [5, 5.41) is 4.22. The molecule has 1 aliphatic heterocycles. The summed E-state index contributed by atoms with van der Waals surface area (Å²) in [5.74, 6) is 1.20. The monoisotopic (exact) mass is 208 g/mol. The predicted octanol–water partition coefficient (Wildman–Crippen LogP) is 1.72. The molecule has 1 aliphatic rings. The minimum Gasteiger partial charge on any atom is -0.316 e. The van der Waals surface area contributed by atoms with E-state index in [9.17, 15) is 0 Å². The van der Waals surface area contributed by atoms with Crippen LogP contribution in [0.4, 0.5) is 0 Å². The lowest BCUT2D eigenvalue weighted by Gasteiger charge is -2.06. The molecule has 1 saturated heterocycles. The van der Waals surface area contributed by atoms with Crippen molar-refractivity contribution in [3.63, 3.8) is 0 Å². The number of pyridine rings is 1. The molecule has 14 heavy (non-hydrogen) atoms. The number of aryl methyl sites for hydroxylation is 1. The van der Waals surface area contributed by atoms with Crippen LogP contribution in [0.25, 0.3) is 0 Å². The molecular weight excluding hydrogens is 192 g/mol. The third-order valence-corrected chi connectivity index (χ3v) is 3.77. The molecule has 1 atom stereocenters. The van der Waals surface area contributed by atoms with Crippen LogP contribution in [0.15, 0.2) is 24.4 Å². The van der Waals surface area contributed by atoms with E-state index in [1.807, 2.05) is 12.3 Å². The zero-order valence-electron chi connectivity index (χ0n) is 8.28. The Bertz CT molecular complexity index is 257. The van der Waals surface area contributed by atoms with E-state index in [1.165, 1.54) is 31.0 Å². The summed E-state index contributed by atoms with van der Waals surface area (Å²) in [7, 11) is 0. The first-order chi connectivity index (χ1) is 6.95. The number of aromatic nitrogens is 1. The molecular formula is C11H16N2S. The van der Waals surface area contributed by atoms with E-state index in [4.69, 9.17) is 0 Å². The highest BCUT2D eigenvalue weighted by molar-refractivity contribution is 7.99. The summed E-state index contributed by atoms with van der Waals surface area (Å²) in [6.45, 7) is 2.38. The summed E-state index contributed by atoms with van der Waals surface area (Å²) >= 11 is 2.08. The van der Waals surface area contributed by atoms with Gasteiger partial charge in [0.1, 0.15) is 0 Å². The smallest absolute Gasteiger partial charge is 0.0411 e. The average molecular weight is 208 g/mol. The van der Waals surface area contributed by atoms with E-state index < -0.39 is 0 Å². The van der Waals surface area contributed by atoms with Crippen molar-refractivity contribution in [2.45, 2.75) is 18.1 Å².